The van der Waals surface area contributed by atoms with Crippen LogP contribution in [-0.4, -0.2) is 38.3 Å². The van der Waals surface area contributed by atoms with Gasteiger partial charge < -0.3 is 20.5 Å². The van der Waals surface area contributed by atoms with Gasteiger partial charge in [0.25, 0.3) is 0 Å². The van der Waals surface area contributed by atoms with Crippen LogP contribution in [0.4, 0.5) is 30.6 Å². The van der Waals surface area contributed by atoms with E-state index in [1.165, 1.54) is 19.1 Å². The third-order valence-electron chi connectivity index (χ3n) is 6.12. The molecule has 1 aromatic heterocycles. The van der Waals surface area contributed by atoms with Crippen LogP contribution < -0.4 is 30.3 Å². The zero-order valence-electron chi connectivity index (χ0n) is 21.3. The summed E-state index contributed by atoms with van der Waals surface area (Å²) in [6.45, 7) is 3.60. The minimum atomic E-state index is -1.01. The molecule has 0 spiro atoms. The number of urea groups is 1. The molecule has 1 aliphatic heterocycles. The van der Waals surface area contributed by atoms with Gasteiger partial charge in [0.15, 0.2) is 23.1 Å². The standard InChI is InChI=1S/C27H29F2N5O3/c1-15-7-6-8-18(9-15)34-21-10-20(19(13-31-3)16(2)30)32-12-17(21)14-33(27(34)35)26-24(28)22(36-4)11-23(37-5)25(26)29/h6-13,16,31H,14,30H2,1-5H3/b19-13+. The smallest absolute Gasteiger partial charge is 0.334 e. The molecule has 2 heterocycles. The number of carbonyl (C=O) groups excluding carboxylic acids is 1. The minimum absolute atomic E-state index is 0.128. The molecule has 0 radical (unpaired) electrons. The second-order valence-corrected chi connectivity index (χ2v) is 8.68. The fraction of sp³-hybridized carbons (Fsp3) is 0.259. The Hall–Kier alpha value is -4.18. The Kier molecular flexibility index (Phi) is 7.30. The molecule has 37 heavy (non-hydrogen) atoms. The third-order valence-corrected chi connectivity index (χ3v) is 6.12. The van der Waals surface area contributed by atoms with Gasteiger partial charge in [0.05, 0.1) is 37.8 Å². The van der Waals surface area contributed by atoms with Crippen LogP contribution in [0.25, 0.3) is 5.57 Å². The summed E-state index contributed by atoms with van der Waals surface area (Å²) < 4.78 is 41.1. The topological polar surface area (TPSA) is 93.0 Å². The van der Waals surface area contributed by atoms with Gasteiger partial charge >= 0.3 is 6.03 Å². The Morgan fingerprint density at radius 2 is 1.84 bits per heavy atom. The van der Waals surface area contributed by atoms with Crippen LogP contribution in [0.3, 0.4) is 0 Å². The number of aryl methyl sites for hydroxylation is 1. The SMILES string of the molecule is CN/C=C(/c1cc2c(cn1)CN(c1c(F)c(OC)cc(OC)c1F)C(=O)N2c1cccc(C)c1)C(C)N. The molecule has 1 unspecified atom stereocenters. The van der Waals surface area contributed by atoms with E-state index in [2.05, 4.69) is 10.3 Å². The van der Waals surface area contributed by atoms with Crippen LogP contribution in [0.1, 0.15) is 23.7 Å². The first-order valence-electron chi connectivity index (χ1n) is 11.6. The molecule has 0 bridgehead atoms. The number of amides is 2. The highest BCUT2D eigenvalue weighted by Gasteiger charge is 2.37. The average molecular weight is 510 g/mol. The van der Waals surface area contributed by atoms with Crippen LogP contribution in [0.5, 0.6) is 11.5 Å². The first kappa shape index (κ1) is 25.9. The molecule has 3 aromatic rings. The molecule has 0 saturated carbocycles. The number of ether oxygens (including phenoxy) is 2. The largest absolute Gasteiger partial charge is 0.493 e. The number of anilines is 3. The molecule has 0 aliphatic carbocycles. The Balaban J connectivity index is 1.95. The number of benzene rings is 2. The highest BCUT2D eigenvalue weighted by molar-refractivity contribution is 6.11. The molecule has 3 N–H and O–H groups in total. The number of carbonyl (C=O) groups is 1. The number of hydrogen-bond acceptors (Lipinski definition) is 6. The second kappa shape index (κ2) is 10.4. The summed E-state index contributed by atoms with van der Waals surface area (Å²) in [5.41, 5.74) is 9.46. The number of hydrogen-bond donors (Lipinski definition) is 2. The van der Waals surface area contributed by atoms with Gasteiger partial charge in [-0.2, -0.15) is 0 Å². The van der Waals surface area contributed by atoms with Gasteiger partial charge in [-0.3, -0.25) is 14.8 Å². The Morgan fingerprint density at radius 3 is 2.41 bits per heavy atom. The summed E-state index contributed by atoms with van der Waals surface area (Å²) in [7, 11) is 4.27. The van der Waals surface area contributed by atoms with Gasteiger partial charge in [-0.1, -0.05) is 12.1 Å². The van der Waals surface area contributed by atoms with E-state index in [4.69, 9.17) is 15.2 Å². The summed E-state index contributed by atoms with van der Waals surface area (Å²) in [6.07, 6.45) is 3.34. The molecule has 2 aromatic carbocycles. The molecule has 0 saturated heterocycles. The zero-order chi connectivity index (χ0) is 26.9. The molecule has 0 fully saturated rings. The molecule has 4 rings (SSSR count). The van der Waals surface area contributed by atoms with Crippen molar-refractivity contribution in [1.82, 2.24) is 10.3 Å². The van der Waals surface area contributed by atoms with Crippen molar-refractivity contribution in [2.45, 2.75) is 26.4 Å². The molecule has 1 atom stereocenters. The lowest BCUT2D eigenvalue weighted by Crippen LogP contribution is -2.46. The maximum atomic E-state index is 15.4. The number of nitrogens with two attached hydrogens (primary N) is 1. The van der Waals surface area contributed by atoms with Crippen molar-refractivity contribution in [2.75, 3.05) is 31.1 Å². The predicted molar refractivity (Wildman–Crippen MR) is 139 cm³/mol. The van der Waals surface area contributed by atoms with Gasteiger partial charge in [0.1, 0.15) is 5.69 Å². The Labute approximate surface area is 214 Å². The molecule has 2 amide bonds. The van der Waals surface area contributed by atoms with Crippen molar-refractivity contribution >= 4 is 28.7 Å². The molecule has 1 aliphatic rings. The number of rotatable bonds is 7. The Bertz CT molecular complexity index is 1350. The molecular formula is C27H29F2N5O3. The number of pyridine rings is 1. The summed E-state index contributed by atoms with van der Waals surface area (Å²) >= 11 is 0. The number of nitrogens with zero attached hydrogens (tertiary/aromatic N) is 3. The summed E-state index contributed by atoms with van der Waals surface area (Å²) in [5, 5.41) is 2.97. The highest BCUT2D eigenvalue weighted by Crippen LogP contribution is 2.43. The maximum Gasteiger partial charge on any atom is 0.334 e. The quantitative estimate of drug-likeness (QED) is 0.472. The monoisotopic (exact) mass is 509 g/mol. The van der Waals surface area contributed by atoms with Gasteiger partial charge in [-0.05, 0) is 37.6 Å². The van der Waals surface area contributed by atoms with E-state index in [-0.39, 0.29) is 24.1 Å². The van der Waals surface area contributed by atoms with E-state index in [0.717, 1.165) is 22.1 Å². The van der Waals surface area contributed by atoms with Crippen LogP contribution in [0.2, 0.25) is 0 Å². The van der Waals surface area contributed by atoms with Crippen LogP contribution in [-0.2, 0) is 6.54 Å². The fourth-order valence-electron chi connectivity index (χ4n) is 4.32. The van der Waals surface area contributed by atoms with E-state index in [1.807, 2.05) is 32.0 Å². The summed E-state index contributed by atoms with van der Waals surface area (Å²) in [4.78, 5) is 21.0. The first-order chi connectivity index (χ1) is 17.7. The molecule has 8 nitrogen and oxygen atoms in total. The van der Waals surface area contributed by atoms with Gasteiger partial charge in [-0.25, -0.2) is 13.6 Å². The number of fused-ring (bicyclic) bond motifs is 1. The van der Waals surface area contributed by atoms with Gasteiger partial charge in [0.2, 0.25) is 0 Å². The summed E-state index contributed by atoms with van der Waals surface area (Å²) in [6, 6.07) is 9.16. The molecular weight excluding hydrogens is 480 g/mol. The zero-order valence-corrected chi connectivity index (χ0v) is 21.3. The predicted octanol–water partition coefficient (Wildman–Crippen LogP) is 4.87. The van der Waals surface area contributed by atoms with E-state index in [1.54, 1.807) is 31.6 Å². The van der Waals surface area contributed by atoms with Gasteiger partial charge in [-0.15, -0.1) is 0 Å². The minimum Gasteiger partial charge on any atom is -0.493 e. The lowest BCUT2D eigenvalue weighted by molar-refractivity contribution is 0.251. The van der Waals surface area contributed by atoms with E-state index >= 15 is 8.78 Å². The van der Waals surface area contributed by atoms with Crippen LogP contribution >= 0.6 is 0 Å². The maximum absolute atomic E-state index is 15.4. The highest BCUT2D eigenvalue weighted by atomic mass is 19.1. The third kappa shape index (κ3) is 4.67. The first-order valence-corrected chi connectivity index (χ1v) is 11.6. The number of nitrogens with one attached hydrogen (secondary N) is 1. The molecule has 10 heteroatoms. The average Bonchev–Trinajstić information content (AvgIpc) is 2.87. The van der Waals surface area contributed by atoms with Crippen molar-refractivity contribution in [2.24, 2.45) is 5.73 Å². The fourth-order valence-corrected chi connectivity index (χ4v) is 4.32. The van der Waals surface area contributed by atoms with Crippen molar-refractivity contribution in [3.63, 3.8) is 0 Å². The summed E-state index contributed by atoms with van der Waals surface area (Å²) in [5.74, 6) is -2.52. The van der Waals surface area contributed by atoms with Crippen LogP contribution in [0, 0.1) is 18.6 Å². The van der Waals surface area contributed by atoms with E-state index in [0.29, 0.717) is 22.6 Å². The van der Waals surface area contributed by atoms with Crippen molar-refractivity contribution in [3.8, 4) is 11.5 Å². The number of aromatic nitrogens is 1. The number of methoxy groups -OCH3 is 2. The lowest BCUT2D eigenvalue weighted by Gasteiger charge is -2.37. The second-order valence-electron chi connectivity index (χ2n) is 8.68. The van der Waals surface area contributed by atoms with Crippen LogP contribution in [0.15, 0.2) is 48.8 Å². The van der Waals surface area contributed by atoms with E-state index < -0.39 is 23.4 Å². The lowest BCUT2D eigenvalue weighted by atomic mass is 10.0. The van der Waals surface area contributed by atoms with Crippen molar-refractivity contribution in [3.05, 3.63) is 77.3 Å². The number of halogens is 2. The van der Waals surface area contributed by atoms with Crippen molar-refractivity contribution < 1.29 is 23.0 Å². The van der Waals surface area contributed by atoms with Gasteiger partial charge in [0, 0.05) is 42.7 Å². The normalized spacial score (nSPS) is 14.4. The Morgan fingerprint density at radius 1 is 1.16 bits per heavy atom. The molecule has 194 valence electrons. The van der Waals surface area contributed by atoms with Crippen molar-refractivity contribution in [1.29, 1.82) is 0 Å². The van der Waals surface area contributed by atoms with E-state index in [9.17, 15) is 4.79 Å².